The minimum Gasteiger partial charge on any atom is -0.388 e. The molecular formula is C14H20O2. The van der Waals surface area contributed by atoms with Crippen molar-refractivity contribution in [2.45, 2.75) is 26.6 Å². The third-order valence-electron chi connectivity index (χ3n) is 2.61. The maximum absolute atomic E-state index is 9.68. The summed E-state index contributed by atoms with van der Waals surface area (Å²) in [6.45, 7) is 8.60. The van der Waals surface area contributed by atoms with E-state index in [2.05, 4.69) is 6.58 Å². The molecule has 0 bridgehead atoms. The number of benzene rings is 1. The van der Waals surface area contributed by atoms with Crippen LogP contribution in [0.2, 0.25) is 0 Å². The lowest BCUT2D eigenvalue weighted by Crippen LogP contribution is -2.32. The zero-order valence-corrected chi connectivity index (χ0v) is 10.0. The predicted octanol–water partition coefficient (Wildman–Crippen LogP) is 2.78. The highest BCUT2D eigenvalue weighted by Crippen LogP contribution is 2.22. The van der Waals surface area contributed by atoms with E-state index < -0.39 is 6.10 Å². The van der Waals surface area contributed by atoms with Gasteiger partial charge in [-0.15, -0.1) is 6.58 Å². The Morgan fingerprint density at radius 3 is 2.56 bits per heavy atom. The Kier molecular flexibility index (Phi) is 4.71. The third-order valence-corrected chi connectivity index (χ3v) is 2.61. The van der Waals surface area contributed by atoms with Crippen molar-refractivity contribution in [1.82, 2.24) is 0 Å². The summed E-state index contributed by atoms with van der Waals surface area (Å²) in [4.78, 5) is 0. The maximum atomic E-state index is 9.68. The Morgan fingerprint density at radius 1 is 1.38 bits per heavy atom. The molecule has 2 heteroatoms. The van der Waals surface area contributed by atoms with Gasteiger partial charge in [-0.1, -0.05) is 50.3 Å². The molecule has 0 spiro atoms. The summed E-state index contributed by atoms with van der Waals surface area (Å²) >= 11 is 0. The maximum Gasteiger partial charge on any atom is 0.0791 e. The van der Waals surface area contributed by atoms with Gasteiger partial charge in [0.25, 0.3) is 0 Å². The van der Waals surface area contributed by atoms with Crippen molar-refractivity contribution >= 4 is 0 Å². The van der Waals surface area contributed by atoms with Crippen molar-refractivity contribution < 1.29 is 9.84 Å². The van der Waals surface area contributed by atoms with E-state index >= 15 is 0 Å². The van der Waals surface area contributed by atoms with E-state index in [0.717, 1.165) is 5.56 Å². The molecule has 16 heavy (non-hydrogen) atoms. The number of ether oxygens (including phenoxy) is 1. The highest BCUT2D eigenvalue weighted by Gasteiger charge is 2.25. The van der Waals surface area contributed by atoms with Crippen LogP contribution in [-0.2, 0) is 11.3 Å². The first kappa shape index (κ1) is 12.9. The Bertz CT molecular complexity index is 317. The van der Waals surface area contributed by atoms with E-state index in [-0.39, 0.29) is 5.41 Å². The van der Waals surface area contributed by atoms with Crippen LogP contribution in [0.5, 0.6) is 0 Å². The highest BCUT2D eigenvalue weighted by molar-refractivity contribution is 5.13. The second-order valence-electron chi connectivity index (χ2n) is 4.65. The molecule has 1 aromatic rings. The summed E-state index contributed by atoms with van der Waals surface area (Å²) in [5.74, 6) is 0. The van der Waals surface area contributed by atoms with E-state index in [0.29, 0.717) is 13.2 Å². The topological polar surface area (TPSA) is 29.5 Å². The highest BCUT2D eigenvalue weighted by atomic mass is 16.5. The fraction of sp³-hybridized carbons (Fsp3) is 0.429. The van der Waals surface area contributed by atoms with Gasteiger partial charge in [0.1, 0.15) is 0 Å². The summed E-state index contributed by atoms with van der Waals surface area (Å²) in [5, 5.41) is 9.68. The molecular weight excluding hydrogens is 200 g/mol. The van der Waals surface area contributed by atoms with Crippen molar-refractivity contribution in [3.05, 3.63) is 48.6 Å². The van der Waals surface area contributed by atoms with Gasteiger partial charge in [-0.2, -0.15) is 0 Å². The monoisotopic (exact) mass is 220 g/mol. The van der Waals surface area contributed by atoms with Gasteiger partial charge in [-0.25, -0.2) is 0 Å². The van der Waals surface area contributed by atoms with Gasteiger partial charge in [0.2, 0.25) is 0 Å². The summed E-state index contributed by atoms with van der Waals surface area (Å²) in [7, 11) is 0. The van der Waals surface area contributed by atoms with Gasteiger partial charge < -0.3 is 9.84 Å². The first-order chi connectivity index (χ1) is 7.56. The summed E-state index contributed by atoms with van der Waals surface area (Å²) < 4.78 is 5.60. The summed E-state index contributed by atoms with van der Waals surface area (Å²) in [5.41, 5.74) is 0.850. The largest absolute Gasteiger partial charge is 0.388 e. The third kappa shape index (κ3) is 3.80. The first-order valence-electron chi connectivity index (χ1n) is 5.48. The molecule has 1 rings (SSSR count). The molecule has 0 aliphatic carbocycles. The first-order valence-corrected chi connectivity index (χ1v) is 5.48. The molecule has 0 aromatic heterocycles. The van der Waals surface area contributed by atoms with Crippen LogP contribution in [0, 0.1) is 5.41 Å². The van der Waals surface area contributed by atoms with Crippen LogP contribution in [0.3, 0.4) is 0 Å². The van der Waals surface area contributed by atoms with Crippen LogP contribution in [-0.4, -0.2) is 17.8 Å². The van der Waals surface area contributed by atoms with Crippen LogP contribution >= 0.6 is 0 Å². The average Bonchev–Trinajstić information content (AvgIpc) is 2.29. The zero-order valence-electron chi connectivity index (χ0n) is 10.0. The summed E-state index contributed by atoms with van der Waals surface area (Å²) in [6.07, 6.45) is 1.01. The second-order valence-corrected chi connectivity index (χ2v) is 4.65. The van der Waals surface area contributed by atoms with Crippen LogP contribution in [0.4, 0.5) is 0 Å². The Morgan fingerprint density at radius 2 is 2.00 bits per heavy atom. The van der Waals surface area contributed by atoms with Crippen molar-refractivity contribution in [2.75, 3.05) is 6.61 Å². The van der Waals surface area contributed by atoms with Crippen LogP contribution in [0.15, 0.2) is 43.0 Å². The molecule has 0 aliphatic rings. The van der Waals surface area contributed by atoms with Crippen LogP contribution in [0.25, 0.3) is 0 Å². The molecule has 0 saturated carbocycles. The van der Waals surface area contributed by atoms with Gasteiger partial charge in [-0.3, -0.25) is 0 Å². The molecule has 0 saturated heterocycles. The van der Waals surface area contributed by atoms with Crippen molar-refractivity contribution in [1.29, 1.82) is 0 Å². The number of hydrogen-bond acceptors (Lipinski definition) is 2. The van der Waals surface area contributed by atoms with E-state index in [1.54, 1.807) is 6.08 Å². The Hall–Kier alpha value is -1.12. The van der Waals surface area contributed by atoms with Gasteiger partial charge in [0.05, 0.1) is 19.3 Å². The molecule has 1 unspecified atom stereocenters. The smallest absolute Gasteiger partial charge is 0.0791 e. The van der Waals surface area contributed by atoms with E-state index in [4.69, 9.17) is 4.74 Å². The molecule has 0 radical (unpaired) electrons. The molecule has 1 N–H and O–H groups in total. The van der Waals surface area contributed by atoms with Crippen molar-refractivity contribution in [3.8, 4) is 0 Å². The average molecular weight is 220 g/mol. The molecule has 2 nitrogen and oxygen atoms in total. The van der Waals surface area contributed by atoms with Crippen LogP contribution < -0.4 is 0 Å². The molecule has 0 fully saturated rings. The van der Waals surface area contributed by atoms with E-state index in [1.807, 2.05) is 44.2 Å². The second kappa shape index (κ2) is 5.83. The zero-order chi connectivity index (χ0) is 12.0. The normalized spacial score (nSPS) is 13.4. The lowest BCUT2D eigenvalue weighted by atomic mass is 9.87. The fourth-order valence-corrected chi connectivity index (χ4v) is 1.41. The number of rotatable bonds is 6. The molecule has 1 atom stereocenters. The SMILES string of the molecule is C=CC(O)C(C)(C)COCc1ccccc1. The van der Waals surface area contributed by atoms with Gasteiger partial charge >= 0.3 is 0 Å². The minimum atomic E-state index is -0.539. The van der Waals surface area contributed by atoms with Gasteiger partial charge in [0, 0.05) is 5.41 Å². The lowest BCUT2D eigenvalue weighted by Gasteiger charge is -2.28. The standard InChI is InChI=1S/C14H20O2/c1-4-13(15)14(2,3)11-16-10-12-8-6-5-7-9-12/h4-9,13,15H,1,10-11H2,2-3H3. The number of hydrogen-bond donors (Lipinski definition) is 1. The van der Waals surface area contributed by atoms with Gasteiger partial charge in [-0.05, 0) is 5.56 Å². The Labute approximate surface area is 97.6 Å². The van der Waals surface area contributed by atoms with Crippen molar-refractivity contribution in [3.63, 3.8) is 0 Å². The predicted molar refractivity (Wildman–Crippen MR) is 66.1 cm³/mol. The van der Waals surface area contributed by atoms with Crippen LogP contribution in [0.1, 0.15) is 19.4 Å². The molecule has 1 aromatic carbocycles. The van der Waals surface area contributed by atoms with Crippen molar-refractivity contribution in [2.24, 2.45) is 5.41 Å². The van der Waals surface area contributed by atoms with Gasteiger partial charge in [0.15, 0.2) is 0 Å². The molecule has 88 valence electrons. The number of aliphatic hydroxyl groups excluding tert-OH is 1. The van der Waals surface area contributed by atoms with E-state index in [1.165, 1.54) is 0 Å². The Balaban J connectivity index is 2.38. The molecule has 0 heterocycles. The lowest BCUT2D eigenvalue weighted by molar-refractivity contribution is -0.00852. The fourth-order valence-electron chi connectivity index (χ4n) is 1.41. The summed E-state index contributed by atoms with van der Waals surface area (Å²) in [6, 6.07) is 10.0. The van der Waals surface area contributed by atoms with E-state index in [9.17, 15) is 5.11 Å². The number of aliphatic hydroxyl groups is 1. The minimum absolute atomic E-state index is 0.295. The molecule has 0 amide bonds. The quantitative estimate of drug-likeness (QED) is 0.747. The molecule has 0 aliphatic heterocycles.